The summed E-state index contributed by atoms with van der Waals surface area (Å²) < 4.78 is 0.668. The maximum absolute atomic E-state index is 3.26. The molecule has 1 nitrogen and oxygen atoms in total. The van der Waals surface area contributed by atoms with Crippen LogP contribution in [0.2, 0.25) is 0 Å². The molecule has 0 amide bonds. The van der Waals surface area contributed by atoms with Gasteiger partial charge < -0.3 is 5.32 Å². The molecule has 0 aromatic carbocycles. The van der Waals surface area contributed by atoms with Crippen LogP contribution in [-0.4, -0.2) is 11.1 Å². The van der Waals surface area contributed by atoms with Crippen molar-refractivity contribution >= 4 is 22.6 Å². The van der Waals surface area contributed by atoms with Crippen LogP contribution < -0.4 is 5.32 Å². The summed E-state index contributed by atoms with van der Waals surface area (Å²) >= 11 is 2.47. The molecule has 0 spiro atoms. The number of halogens is 1. The summed E-state index contributed by atoms with van der Waals surface area (Å²) in [6.07, 6.45) is 8.28. The van der Waals surface area contributed by atoms with Gasteiger partial charge in [-0.15, -0.1) is 0 Å². The molecule has 0 fully saturated rings. The molecule has 80 valence electrons. The van der Waals surface area contributed by atoms with Crippen LogP contribution in [0.25, 0.3) is 0 Å². The van der Waals surface area contributed by atoms with Crippen molar-refractivity contribution in [3.63, 3.8) is 0 Å². The van der Waals surface area contributed by atoms with Crippen LogP contribution in [0.3, 0.4) is 0 Å². The Bertz CT molecular complexity index is 94.3. The lowest BCUT2D eigenvalue weighted by Crippen LogP contribution is -2.17. The summed E-state index contributed by atoms with van der Waals surface area (Å²) in [4.78, 5) is 0. The molecule has 1 N–H and O–H groups in total. The van der Waals surface area contributed by atoms with Gasteiger partial charge in [0.1, 0.15) is 0 Å². The number of rotatable bonds is 8. The minimum atomic E-state index is 0.668. The van der Waals surface area contributed by atoms with Crippen LogP contribution in [0.15, 0.2) is 0 Å². The average Bonchev–Trinajstić information content (AvgIpc) is 2.16. The van der Waals surface area contributed by atoms with Gasteiger partial charge in [-0.05, 0) is 19.4 Å². The molecule has 0 bridgehead atoms. The molecule has 0 aliphatic rings. The summed E-state index contributed by atoms with van der Waals surface area (Å²) in [6, 6.07) is 0. The Morgan fingerprint density at radius 3 is 2.31 bits per heavy atom. The maximum atomic E-state index is 3.26. The van der Waals surface area contributed by atoms with Crippen molar-refractivity contribution in [1.29, 1.82) is 0 Å². The van der Waals surface area contributed by atoms with Gasteiger partial charge in [-0.1, -0.05) is 68.5 Å². The molecular formula is C11H24IN. The van der Waals surface area contributed by atoms with E-state index in [-0.39, 0.29) is 0 Å². The molecule has 0 saturated heterocycles. The zero-order valence-electron chi connectivity index (χ0n) is 9.28. The standard InChI is InChI=1S/C11H24IN/c1-4-10(2)8-6-5-7-9-11(12)13-3/h10-11,13H,4-9H2,1-3H3. The summed E-state index contributed by atoms with van der Waals surface area (Å²) in [5, 5.41) is 3.26. The Balaban J connectivity index is 3.08. The fourth-order valence-electron chi connectivity index (χ4n) is 1.34. The predicted molar refractivity (Wildman–Crippen MR) is 69.4 cm³/mol. The fourth-order valence-corrected chi connectivity index (χ4v) is 1.78. The van der Waals surface area contributed by atoms with Crippen LogP contribution in [0.5, 0.6) is 0 Å². The lowest BCUT2D eigenvalue weighted by atomic mass is 10.0. The SMILES string of the molecule is CCC(C)CCCCCC(I)NC. The number of nitrogens with one attached hydrogen (secondary N) is 1. The number of alkyl halides is 1. The topological polar surface area (TPSA) is 12.0 Å². The fraction of sp³-hybridized carbons (Fsp3) is 1.00. The number of hydrogen-bond donors (Lipinski definition) is 1. The molecule has 0 aromatic rings. The lowest BCUT2D eigenvalue weighted by Gasteiger charge is -2.09. The summed E-state index contributed by atoms with van der Waals surface area (Å²) in [7, 11) is 2.04. The van der Waals surface area contributed by atoms with E-state index in [1.165, 1.54) is 38.5 Å². The van der Waals surface area contributed by atoms with Crippen LogP contribution in [-0.2, 0) is 0 Å². The quantitative estimate of drug-likeness (QED) is 0.309. The number of unbranched alkanes of at least 4 members (excludes halogenated alkanes) is 2. The van der Waals surface area contributed by atoms with E-state index in [9.17, 15) is 0 Å². The van der Waals surface area contributed by atoms with Gasteiger partial charge in [-0.2, -0.15) is 0 Å². The van der Waals surface area contributed by atoms with Crippen molar-refractivity contribution in [2.75, 3.05) is 7.05 Å². The Morgan fingerprint density at radius 1 is 1.15 bits per heavy atom. The van der Waals surface area contributed by atoms with Crippen molar-refractivity contribution in [2.45, 2.75) is 56.4 Å². The van der Waals surface area contributed by atoms with Gasteiger partial charge in [-0.3, -0.25) is 0 Å². The summed E-state index contributed by atoms with van der Waals surface area (Å²) in [5.74, 6) is 0.930. The van der Waals surface area contributed by atoms with E-state index in [4.69, 9.17) is 0 Å². The molecular weight excluding hydrogens is 273 g/mol. The van der Waals surface area contributed by atoms with Crippen LogP contribution >= 0.6 is 22.6 Å². The molecule has 2 atom stereocenters. The second kappa shape index (κ2) is 9.25. The molecule has 0 heterocycles. The van der Waals surface area contributed by atoms with Crippen molar-refractivity contribution < 1.29 is 0 Å². The average molecular weight is 297 g/mol. The third-order valence-electron chi connectivity index (χ3n) is 2.66. The highest BCUT2D eigenvalue weighted by Crippen LogP contribution is 2.14. The minimum absolute atomic E-state index is 0.668. The molecule has 2 heteroatoms. The van der Waals surface area contributed by atoms with E-state index in [1.807, 2.05) is 7.05 Å². The van der Waals surface area contributed by atoms with Crippen LogP contribution in [0.4, 0.5) is 0 Å². The zero-order valence-corrected chi connectivity index (χ0v) is 11.4. The maximum Gasteiger partial charge on any atom is 0.0591 e. The van der Waals surface area contributed by atoms with E-state index in [0.29, 0.717) is 4.05 Å². The van der Waals surface area contributed by atoms with Gasteiger partial charge in [-0.25, -0.2) is 0 Å². The first-order valence-corrected chi connectivity index (χ1v) is 6.76. The molecule has 0 radical (unpaired) electrons. The Morgan fingerprint density at radius 2 is 1.77 bits per heavy atom. The highest BCUT2D eigenvalue weighted by molar-refractivity contribution is 14.1. The van der Waals surface area contributed by atoms with Gasteiger partial charge in [0.2, 0.25) is 0 Å². The normalized spacial score (nSPS) is 15.7. The Labute approximate surface area is 97.2 Å². The van der Waals surface area contributed by atoms with E-state index < -0.39 is 0 Å². The first-order chi connectivity index (χ1) is 6.20. The zero-order chi connectivity index (χ0) is 10.1. The molecule has 0 aromatic heterocycles. The van der Waals surface area contributed by atoms with Crippen LogP contribution in [0.1, 0.15) is 52.4 Å². The second-order valence-corrected chi connectivity index (χ2v) is 5.41. The predicted octanol–water partition coefficient (Wildman–Crippen LogP) is 3.96. The Hall–Kier alpha value is 0.690. The van der Waals surface area contributed by atoms with E-state index in [2.05, 4.69) is 41.8 Å². The minimum Gasteiger partial charge on any atom is -0.309 e. The molecule has 13 heavy (non-hydrogen) atoms. The summed E-state index contributed by atoms with van der Waals surface area (Å²) in [5.41, 5.74) is 0. The highest BCUT2D eigenvalue weighted by atomic mass is 127. The second-order valence-electron chi connectivity index (χ2n) is 3.91. The highest BCUT2D eigenvalue weighted by Gasteiger charge is 2.00. The van der Waals surface area contributed by atoms with Gasteiger partial charge in [0.15, 0.2) is 0 Å². The van der Waals surface area contributed by atoms with E-state index >= 15 is 0 Å². The van der Waals surface area contributed by atoms with Gasteiger partial charge in [0.25, 0.3) is 0 Å². The first-order valence-electron chi connectivity index (χ1n) is 5.52. The van der Waals surface area contributed by atoms with E-state index in [0.717, 1.165) is 5.92 Å². The van der Waals surface area contributed by atoms with Crippen molar-refractivity contribution in [3.8, 4) is 0 Å². The van der Waals surface area contributed by atoms with Crippen molar-refractivity contribution in [2.24, 2.45) is 5.92 Å². The Kier molecular flexibility index (Phi) is 9.74. The van der Waals surface area contributed by atoms with E-state index in [1.54, 1.807) is 0 Å². The molecule has 0 rings (SSSR count). The largest absolute Gasteiger partial charge is 0.309 e. The third-order valence-corrected chi connectivity index (χ3v) is 3.91. The van der Waals surface area contributed by atoms with Gasteiger partial charge >= 0.3 is 0 Å². The van der Waals surface area contributed by atoms with Crippen molar-refractivity contribution in [3.05, 3.63) is 0 Å². The number of hydrogen-bond acceptors (Lipinski definition) is 1. The monoisotopic (exact) mass is 297 g/mol. The van der Waals surface area contributed by atoms with Gasteiger partial charge in [0.05, 0.1) is 4.05 Å². The molecule has 0 aliphatic heterocycles. The molecule has 0 aliphatic carbocycles. The van der Waals surface area contributed by atoms with Gasteiger partial charge in [0, 0.05) is 0 Å². The molecule has 0 saturated carbocycles. The van der Waals surface area contributed by atoms with Crippen LogP contribution in [0, 0.1) is 5.92 Å². The lowest BCUT2D eigenvalue weighted by molar-refractivity contribution is 0.472. The smallest absolute Gasteiger partial charge is 0.0591 e. The summed E-state index contributed by atoms with van der Waals surface area (Å²) in [6.45, 7) is 4.64. The third kappa shape index (κ3) is 9.01. The molecule has 2 unspecified atom stereocenters. The first kappa shape index (κ1) is 13.7. The van der Waals surface area contributed by atoms with Crippen molar-refractivity contribution in [1.82, 2.24) is 5.32 Å².